The summed E-state index contributed by atoms with van der Waals surface area (Å²) in [6.45, 7) is 4.79. The highest BCUT2D eigenvalue weighted by Crippen LogP contribution is 2.15. The molecule has 0 radical (unpaired) electrons. The minimum atomic E-state index is -0.774. The summed E-state index contributed by atoms with van der Waals surface area (Å²) in [6, 6.07) is 6.48. The second-order valence-electron chi connectivity index (χ2n) is 5.67. The molecule has 138 valence electrons. The molecule has 0 bridgehead atoms. The van der Waals surface area contributed by atoms with Crippen molar-refractivity contribution >= 4 is 17.8 Å². The Morgan fingerprint density at radius 1 is 1.16 bits per heavy atom. The maximum Gasteiger partial charge on any atom is 0.344 e. The minimum absolute atomic E-state index is 0.100. The fourth-order valence-electron chi connectivity index (χ4n) is 2.05. The van der Waals surface area contributed by atoms with Crippen LogP contribution in [0, 0.1) is 12.8 Å². The molecular formula is C18H25NO6. The van der Waals surface area contributed by atoms with E-state index in [1.807, 2.05) is 32.9 Å². The third-order valence-electron chi connectivity index (χ3n) is 3.79. The van der Waals surface area contributed by atoms with Crippen molar-refractivity contribution in [1.82, 2.24) is 5.32 Å². The molecule has 0 heterocycles. The predicted molar refractivity (Wildman–Crippen MR) is 91.0 cm³/mol. The average Bonchev–Trinajstić information content (AvgIpc) is 2.62. The SMILES string of the molecule is CC[C@H](C)[C@H](NC(=O)COC(=O)COc1ccccc1C)C(=O)OC. The first kappa shape index (κ1) is 20.5. The summed E-state index contributed by atoms with van der Waals surface area (Å²) in [5.41, 5.74) is 0.891. The van der Waals surface area contributed by atoms with E-state index in [2.05, 4.69) is 10.1 Å². The van der Waals surface area contributed by atoms with Gasteiger partial charge in [-0.25, -0.2) is 9.59 Å². The fourth-order valence-corrected chi connectivity index (χ4v) is 2.05. The van der Waals surface area contributed by atoms with Crippen molar-refractivity contribution in [2.24, 2.45) is 5.92 Å². The smallest absolute Gasteiger partial charge is 0.344 e. The van der Waals surface area contributed by atoms with E-state index in [1.54, 1.807) is 12.1 Å². The van der Waals surface area contributed by atoms with Gasteiger partial charge in [-0.05, 0) is 24.5 Å². The van der Waals surface area contributed by atoms with Gasteiger partial charge in [-0.2, -0.15) is 0 Å². The van der Waals surface area contributed by atoms with Gasteiger partial charge in [0.25, 0.3) is 5.91 Å². The summed E-state index contributed by atoms with van der Waals surface area (Å²) < 4.78 is 14.9. The number of nitrogens with one attached hydrogen (secondary N) is 1. The largest absolute Gasteiger partial charge is 0.482 e. The van der Waals surface area contributed by atoms with Crippen molar-refractivity contribution in [3.8, 4) is 5.75 Å². The predicted octanol–water partition coefficient (Wildman–Crippen LogP) is 1.62. The molecule has 7 nitrogen and oxygen atoms in total. The molecule has 0 saturated carbocycles. The van der Waals surface area contributed by atoms with Crippen LogP contribution in [0.2, 0.25) is 0 Å². The Kier molecular flexibility index (Phi) is 8.46. The number of ether oxygens (including phenoxy) is 3. The Hall–Kier alpha value is -2.57. The van der Waals surface area contributed by atoms with Gasteiger partial charge in [-0.1, -0.05) is 38.5 Å². The summed E-state index contributed by atoms with van der Waals surface area (Å²) in [5, 5.41) is 2.53. The van der Waals surface area contributed by atoms with Gasteiger partial charge in [-0.15, -0.1) is 0 Å². The molecule has 1 amide bonds. The molecule has 25 heavy (non-hydrogen) atoms. The van der Waals surface area contributed by atoms with Crippen molar-refractivity contribution in [1.29, 1.82) is 0 Å². The Morgan fingerprint density at radius 2 is 1.84 bits per heavy atom. The number of methoxy groups -OCH3 is 1. The minimum Gasteiger partial charge on any atom is -0.482 e. The van der Waals surface area contributed by atoms with E-state index in [-0.39, 0.29) is 12.5 Å². The summed E-state index contributed by atoms with van der Waals surface area (Å²) in [4.78, 5) is 35.3. The van der Waals surface area contributed by atoms with E-state index in [0.29, 0.717) is 12.2 Å². The number of rotatable bonds is 9. The molecule has 0 aliphatic heterocycles. The van der Waals surface area contributed by atoms with E-state index in [9.17, 15) is 14.4 Å². The zero-order valence-corrected chi connectivity index (χ0v) is 15.0. The van der Waals surface area contributed by atoms with Gasteiger partial charge < -0.3 is 19.5 Å². The molecule has 0 fully saturated rings. The Balaban J connectivity index is 2.42. The average molecular weight is 351 g/mol. The summed E-state index contributed by atoms with van der Waals surface area (Å²) in [7, 11) is 1.26. The molecule has 0 unspecified atom stereocenters. The highest BCUT2D eigenvalue weighted by atomic mass is 16.6. The lowest BCUT2D eigenvalue weighted by Gasteiger charge is -2.21. The van der Waals surface area contributed by atoms with Crippen LogP contribution in [0.3, 0.4) is 0 Å². The molecule has 1 N–H and O–H groups in total. The highest BCUT2D eigenvalue weighted by molar-refractivity contribution is 5.86. The number of carbonyl (C=O) groups excluding carboxylic acids is 3. The van der Waals surface area contributed by atoms with Crippen LogP contribution in [0.15, 0.2) is 24.3 Å². The third kappa shape index (κ3) is 6.82. The van der Waals surface area contributed by atoms with E-state index in [1.165, 1.54) is 7.11 Å². The second kappa shape index (κ2) is 10.3. The summed E-state index contributed by atoms with van der Waals surface area (Å²) in [6.07, 6.45) is 0.685. The van der Waals surface area contributed by atoms with E-state index in [0.717, 1.165) is 5.56 Å². The van der Waals surface area contributed by atoms with Gasteiger partial charge in [-0.3, -0.25) is 4.79 Å². The lowest BCUT2D eigenvalue weighted by Crippen LogP contribution is -2.47. The number of aryl methyl sites for hydroxylation is 1. The molecule has 0 aliphatic carbocycles. The number of esters is 2. The van der Waals surface area contributed by atoms with Gasteiger partial charge in [0, 0.05) is 0 Å². The van der Waals surface area contributed by atoms with Crippen LogP contribution >= 0.6 is 0 Å². The van der Waals surface area contributed by atoms with E-state index < -0.39 is 30.5 Å². The van der Waals surface area contributed by atoms with Crippen LogP contribution in [-0.2, 0) is 23.9 Å². The van der Waals surface area contributed by atoms with Crippen LogP contribution in [0.4, 0.5) is 0 Å². The van der Waals surface area contributed by atoms with Crippen molar-refractivity contribution in [2.75, 3.05) is 20.3 Å². The second-order valence-corrected chi connectivity index (χ2v) is 5.67. The van der Waals surface area contributed by atoms with Crippen LogP contribution in [0.1, 0.15) is 25.8 Å². The standard InChI is InChI=1S/C18H25NO6/c1-5-12(2)17(18(22)23-4)19-15(20)10-25-16(21)11-24-14-9-7-6-8-13(14)3/h6-9,12,17H,5,10-11H2,1-4H3,(H,19,20)/t12-,17-/m0/s1. The fraction of sp³-hybridized carbons (Fsp3) is 0.500. The number of para-hydroxylation sites is 1. The lowest BCUT2D eigenvalue weighted by atomic mass is 9.99. The Bertz CT molecular complexity index is 601. The molecular weight excluding hydrogens is 326 g/mol. The normalized spacial score (nSPS) is 12.6. The van der Waals surface area contributed by atoms with Gasteiger partial charge in [0.05, 0.1) is 7.11 Å². The number of carbonyl (C=O) groups is 3. The third-order valence-corrected chi connectivity index (χ3v) is 3.79. The maximum absolute atomic E-state index is 11.9. The highest BCUT2D eigenvalue weighted by Gasteiger charge is 2.26. The Morgan fingerprint density at radius 3 is 2.44 bits per heavy atom. The zero-order chi connectivity index (χ0) is 18.8. The van der Waals surface area contributed by atoms with Gasteiger partial charge >= 0.3 is 11.9 Å². The first-order valence-electron chi connectivity index (χ1n) is 8.10. The van der Waals surface area contributed by atoms with Crippen LogP contribution < -0.4 is 10.1 Å². The van der Waals surface area contributed by atoms with Crippen molar-refractivity contribution in [2.45, 2.75) is 33.2 Å². The maximum atomic E-state index is 11.9. The van der Waals surface area contributed by atoms with Crippen LogP contribution in [0.5, 0.6) is 5.75 Å². The quantitative estimate of drug-likeness (QED) is 0.680. The Labute approximate surface area is 147 Å². The van der Waals surface area contributed by atoms with Crippen LogP contribution in [-0.4, -0.2) is 44.2 Å². The van der Waals surface area contributed by atoms with Crippen molar-refractivity contribution in [3.63, 3.8) is 0 Å². The molecule has 7 heteroatoms. The van der Waals surface area contributed by atoms with Crippen molar-refractivity contribution in [3.05, 3.63) is 29.8 Å². The molecule has 0 aromatic heterocycles. The number of benzene rings is 1. The monoisotopic (exact) mass is 351 g/mol. The summed E-state index contributed by atoms with van der Waals surface area (Å²) >= 11 is 0. The molecule has 1 aromatic rings. The molecule has 2 atom stereocenters. The molecule has 0 saturated heterocycles. The molecule has 1 aromatic carbocycles. The number of hydrogen-bond donors (Lipinski definition) is 1. The molecule has 0 aliphatic rings. The van der Waals surface area contributed by atoms with E-state index >= 15 is 0 Å². The van der Waals surface area contributed by atoms with Gasteiger partial charge in [0.2, 0.25) is 0 Å². The zero-order valence-electron chi connectivity index (χ0n) is 15.0. The van der Waals surface area contributed by atoms with Crippen LogP contribution in [0.25, 0.3) is 0 Å². The topological polar surface area (TPSA) is 90.9 Å². The lowest BCUT2D eigenvalue weighted by molar-refractivity contribution is -0.152. The number of amides is 1. The first-order valence-corrected chi connectivity index (χ1v) is 8.10. The van der Waals surface area contributed by atoms with Crippen molar-refractivity contribution < 1.29 is 28.6 Å². The molecule has 1 rings (SSSR count). The van der Waals surface area contributed by atoms with E-state index in [4.69, 9.17) is 9.47 Å². The first-order chi connectivity index (χ1) is 11.9. The van der Waals surface area contributed by atoms with Gasteiger partial charge in [0.1, 0.15) is 11.8 Å². The molecule has 0 spiro atoms. The van der Waals surface area contributed by atoms with Gasteiger partial charge in [0.15, 0.2) is 13.2 Å². The summed E-state index contributed by atoms with van der Waals surface area (Å²) in [5.74, 6) is -1.30. The number of hydrogen-bond acceptors (Lipinski definition) is 6.